The zero-order valence-electron chi connectivity index (χ0n) is 10.4. The Morgan fingerprint density at radius 1 is 1.18 bits per heavy atom. The topological polar surface area (TPSA) is 15.8 Å². The van der Waals surface area contributed by atoms with E-state index in [0.717, 1.165) is 10.4 Å². The average molecular weight is 263 g/mol. The summed E-state index contributed by atoms with van der Waals surface area (Å²) in [5, 5.41) is 0. The minimum atomic E-state index is 0.225. The molecule has 2 rings (SSSR count). The van der Waals surface area contributed by atoms with E-state index in [9.17, 15) is 0 Å². The Bertz CT molecular complexity index is 541. The molecular formula is C14H17NS2. The molecule has 3 heteroatoms. The van der Waals surface area contributed by atoms with E-state index in [1.165, 1.54) is 16.0 Å². The van der Waals surface area contributed by atoms with Crippen molar-refractivity contribution in [3.8, 4) is 0 Å². The van der Waals surface area contributed by atoms with Crippen molar-refractivity contribution < 1.29 is 0 Å². The number of thiazole rings is 1. The molecule has 17 heavy (non-hydrogen) atoms. The van der Waals surface area contributed by atoms with Crippen molar-refractivity contribution in [1.82, 2.24) is 4.98 Å². The van der Waals surface area contributed by atoms with E-state index in [1.807, 2.05) is 6.20 Å². The fourth-order valence-corrected chi connectivity index (χ4v) is 2.82. The zero-order chi connectivity index (χ0) is 12.5. The summed E-state index contributed by atoms with van der Waals surface area (Å²) in [6.07, 6.45) is 2.97. The van der Waals surface area contributed by atoms with E-state index in [2.05, 4.69) is 50.0 Å². The molecule has 1 heterocycles. The highest BCUT2D eigenvalue weighted by Crippen LogP contribution is 2.23. The Labute approximate surface area is 112 Å². The van der Waals surface area contributed by atoms with Crippen molar-refractivity contribution in [2.24, 2.45) is 0 Å². The van der Waals surface area contributed by atoms with E-state index in [0.29, 0.717) is 0 Å². The van der Waals surface area contributed by atoms with Gasteiger partial charge < -0.3 is 4.98 Å². The normalized spacial score (nSPS) is 11.7. The molecule has 0 saturated carbocycles. The first kappa shape index (κ1) is 12.5. The molecule has 1 nitrogen and oxygen atoms in total. The van der Waals surface area contributed by atoms with Crippen molar-refractivity contribution in [3.63, 3.8) is 0 Å². The maximum Gasteiger partial charge on any atom is 0.158 e. The number of nitrogens with one attached hydrogen (secondary N) is 1. The molecule has 0 fully saturated rings. The summed E-state index contributed by atoms with van der Waals surface area (Å²) in [6, 6.07) is 8.87. The van der Waals surface area contributed by atoms with Crippen LogP contribution in [-0.4, -0.2) is 4.98 Å². The quantitative estimate of drug-likeness (QED) is 0.777. The lowest BCUT2D eigenvalue weighted by atomic mass is 9.86. The lowest BCUT2D eigenvalue weighted by molar-refractivity contribution is 0.590. The van der Waals surface area contributed by atoms with Gasteiger partial charge in [-0.05, 0) is 28.8 Å². The molecule has 0 atom stereocenters. The van der Waals surface area contributed by atoms with Gasteiger partial charge in [0.2, 0.25) is 0 Å². The van der Waals surface area contributed by atoms with Crippen LogP contribution in [0.25, 0.3) is 0 Å². The second-order valence-electron chi connectivity index (χ2n) is 5.27. The molecule has 1 aromatic carbocycles. The van der Waals surface area contributed by atoms with Crippen LogP contribution in [0.2, 0.25) is 0 Å². The standard InChI is InChI=1S/C14H17NS2/c1-14(2,3)11-6-4-10(5-7-11)8-12-9-15-13(16)17-12/h4-7,9H,8H2,1-3H3,(H,15,16). The number of aromatic nitrogens is 1. The second-order valence-corrected chi connectivity index (χ2v) is 7.07. The van der Waals surface area contributed by atoms with E-state index in [-0.39, 0.29) is 5.41 Å². The third-order valence-electron chi connectivity index (χ3n) is 2.77. The van der Waals surface area contributed by atoms with Crippen molar-refractivity contribution in [3.05, 3.63) is 50.4 Å². The van der Waals surface area contributed by atoms with Gasteiger partial charge in [-0.2, -0.15) is 0 Å². The van der Waals surface area contributed by atoms with Crippen molar-refractivity contribution in [2.75, 3.05) is 0 Å². The molecule has 1 aromatic heterocycles. The number of hydrogen-bond donors (Lipinski definition) is 1. The number of aromatic amines is 1. The lowest BCUT2D eigenvalue weighted by Crippen LogP contribution is -2.10. The van der Waals surface area contributed by atoms with E-state index in [4.69, 9.17) is 12.2 Å². The molecule has 2 aromatic rings. The van der Waals surface area contributed by atoms with Crippen LogP contribution >= 0.6 is 23.6 Å². The first-order chi connectivity index (χ1) is 7.95. The Balaban J connectivity index is 2.16. The molecule has 90 valence electrons. The van der Waals surface area contributed by atoms with E-state index >= 15 is 0 Å². The maximum absolute atomic E-state index is 5.08. The Morgan fingerprint density at radius 3 is 2.29 bits per heavy atom. The van der Waals surface area contributed by atoms with Crippen LogP contribution in [-0.2, 0) is 11.8 Å². The van der Waals surface area contributed by atoms with Crippen LogP contribution in [0.4, 0.5) is 0 Å². The largest absolute Gasteiger partial charge is 0.343 e. The summed E-state index contributed by atoms with van der Waals surface area (Å²) >= 11 is 6.73. The van der Waals surface area contributed by atoms with Crippen LogP contribution < -0.4 is 0 Å². The highest BCUT2D eigenvalue weighted by atomic mass is 32.1. The summed E-state index contributed by atoms with van der Waals surface area (Å²) < 4.78 is 0.853. The summed E-state index contributed by atoms with van der Waals surface area (Å²) in [6.45, 7) is 6.71. The molecule has 0 spiro atoms. The number of benzene rings is 1. The monoisotopic (exact) mass is 263 g/mol. The van der Waals surface area contributed by atoms with Gasteiger partial charge in [-0.3, -0.25) is 0 Å². The predicted octanol–water partition coefficient (Wildman–Crippen LogP) is 4.69. The summed E-state index contributed by atoms with van der Waals surface area (Å²) in [7, 11) is 0. The third-order valence-corrected chi connectivity index (χ3v) is 3.97. The van der Waals surface area contributed by atoms with Gasteiger partial charge in [-0.25, -0.2) is 0 Å². The molecule has 0 amide bonds. The van der Waals surface area contributed by atoms with Crippen molar-refractivity contribution >= 4 is 23.6 Å². The number of hydrogen-bond acceptors (Lipinski definition) is 2. The first-order valence-corrected chi connectivity index (χ1v) is 6.94. The molecule has 0 aliphatic rings. The van der Waals surface area contributed by atoms with Gasteiger partial charge in [-0.15, -0.1) is 11.3 Å². The summed E-state index contributed by atoms with van der Waals surface area (Å²) in [5.41, 5.74) is 2.94. The molecular weight excluding hydrogens is 246 g/mol. The molecule has 0 saturated heterocycles. The van der Waals surface area contributed by atoms with Gasteiger partial charge >= 0.3 is 0 Å². The van der Waals surface area contributed by atoms with Crippen LogP contribution in [0.15, 0.2) is 30.5 Å². The predicted molar refractivity (Wildman–Crippen MR) is 77.5 cm³/mol. The zero-order valence-corrected chi connectivity index (χ0v) is 12.0. The van der Waals surface area contributed by atoms with Crippen molar-refractivity contribution in [1.29, 1.82) is 0 Å². The molecule has 0 aliphatic carbocycles. The SMILES string of the molecule is CC(C)(C)c1ccc(Cc2c[nH]c(=S)s2)cc1. The van der Waals surface area contributed by atoms with Gasteiger partial charge in [0.25, 0.3) is 0 Å². The first-order valence-electron chi connectivity index (χ1n) is 5.72. The van der Waals surface area contributed by atoms with Crippen LogP contribution in [0.3, 0.4) is 0 Å². The molecule has 0 radical (unpaired) electrons. The van der Waals surface area contributed by atoms with Gasteiger partial charge in [0.1, 0.15) is 0 Å². The molecule has 0 bridgehead atoms. The van der Waals surface area contributed by atoms with Gasteiger partial charge in [0, 0.05) is 17.5 Å². The molecule has 0 unspecified atom stereocenters. The Kier molecular flexibility index (Phi) is 3.50. The van der Waals surface area contributed by atoms with Crippen LogP contribution in [0.1, 0.15) is 36.8 Å². The number of rotatable bonds is 2. The van der Waals surface area contributed by atoms with Gasteiger partial charge in [0.15, 0.2) is 3.95 Å². The fraction of sp³-hybridized carbons (Fsp3) is 0.357. The summed E-state index contributed by atoms with van der Waals surface area (Å²) in [4.78, 5) is 4.35. The average Bonchev–Trinajstić information content (AvgIpc) is 2.63. The highest BCUT2D eigenvalue weighted by Gasteiger charge is 2.12. The smallest absolute Gasteiger partial charge is 0.158 e. The second kappa shape index (κ2) is 4.75. The van der Waals surface area contributed by atoms with E-state index < -0.39 is 0 Å². The van der Waals surface area contributed by atoms with Crippen LogP contribution in [0.5, 0.6) is 0 Å². The Hall–Kier alpha value is -0.930. The fourth-order valence-electron chi connectivity index (χ4n) is 1.73. The maximum atomic E-state index is 5.08. The van der Waals surface area contributed by atoms with Crippen molar-refractivity contribution in [2.45, 2.75) is 32.6 Å². The highest BCUT2D eigenvalue weighted by molar-refractivity contribution is 7.73. The lowest BCUT2D eigenvalue weighted by Gasteiger charge is -2.19. The third kappa shape index (κ3) is 3.27. The Morgan fingerprint density at radius 2 is 1.82 bits per heavy atom. The van der Waals surface area contributed by atoms with Crippen LogP contribution in [0, 0.1) is 3.95 Å². The minimum absolute atomic E-state index is 0.225. The van der Waals surface area contributed by atoms with Gasteiger partial charge in [-0.1, -0.05) is 45.0 Å². The minimum Gasteiger partial charge on any atom is -0.343 e. The summed E-state index contributed by atoms with van der Waals surface area (Å²) in [5.74, 6) is 0. The molecule has 0 aliphatic heterocycles. The van der Waals surface area contributed by atoms with E-state index in [1.54, 1.807) is 11.3 Å². The number of H-pyrrole nitrogens is 1. The molecule has 1 N–H and O–H groups in total. The van der Waals surface area contributed by atoms with Gasteiger partial charge in [0.05, 0.1) is 0 Å².